The van der Waals surface area contributed by atoms with Gasteiger partial charge in [-0.15, -0.1) is 0 Å². The van der Waals surface area contributed by atoms with Gasteiger partial charge in [-0.1, -0.05) is 0 Å². The maximum atomic E-state index is 12.1. The van der Waals surface area contributed by atoms with Crippen LogP contribution in [0.3, 0.4) is 0 Å². The van der Waals surface area contributed by atoms with Gasteiger partial charge in [-0.2, -0.15) is 8.62 Å². The van der Waals surface area contributed by atoms with Crippen LogP contribution in [-0.2, 0) is 45.4 Å². The van der Waals surface area contributed by atoms with E-state index in [2.05, 4.69) is 17.7 Å². The largest absolute Gasteiger partial charge is 0.490 e. The molecule has 2 unspecified atom stereocenters. The van der Waals surface area contributed by atoms with Crippen LogP contribution in [0.4, 0.5) is 0 Å². The summed E-state index contributed by atoms with van der Waals surface area (Å²) in [5, 5.41) is 0. The van der Waals surface area contributed by atoms with E-state index in [-0.39, 0.29) is 0 Å². The molecule has 196 valence electrons. The molecular formula is C10H18N2O18P4. The summed E-state index contributed by atoms with van der Waals surface area (Å²) in [5.74, 6) is 0. The highest BCUT2D eigenvalue weighted by atomic mass is 31.3. The summed E-state index contributed by atoms with van der Waals surface area (Å²) >= 11 is 0. The van der Waals surface area contributed by atoms with Gasteiger partial charge in [0, 0.05) is 19.4 Å². The molecule has 1 saturated heterocycles. The molecule has 0 spiro atoms. The Labute approximate surface area is 187 Å². The normalized spacial score (nSPS) is 27.3. The predicted octanol–water partition coefficient (Wildman–Crippen LogP) is -1.73. The topological polar surface area (TPSA) is 300 Å². The van der Waals surface area contributed by atoms with Gasteiger partial charge in [-0.3, -0.25) is 23.4 Å². The minimum absolute atomic E-state index is 0.733. The van der Waals surface area contributed by atoms with Crippen molar-refractivity contribution in [3.63, 3.8) is 0 Å². The number of aromatic amines is 1. The second kappa shape index (κ2) is 10.6. The molecule has 1 aromatic heterocycles. The van der Waals surface area contributed by atoms with Crippen LogP contribution in [-0.4, -0.2) is 70.9 Å². The van der Waals surface area contributed by atoms with E-state index >= 15 is 0 Å². The number of methoxy groups -OCH3 is 1. The van der Waals surface area contributed by atoms with Crippen LogP contribution < -0.4 is 11.2 Å². The molecule has 1 aliphatic rings. The van der Waals surface area contributed by atoms with Gasteiger partial charge >= 0.3 is 37.0 Å². The summed E-state index contributed by atoms with van der Waals surface area (Å²) in [6.07, 6.45) is -5.63. The molecule has 1 aromatic rings. The number of aromatic nitrogens is 2. The highest BCUT2D eigenvalue weighted by molar-refractivity contribution is 7.66. The van der Waals surface area contributed by atoms with Crippen LogP contribution in [0.2, 0.25) is 0 Å². The molecule has 0 radical (unpaired) electrons. The third kappa shape index (κ3) is 8.65. The van der Waals surface area contributed by atoms with Crippen LogP contribution in [0.1, 0.15) is 6.23 Å². The van der Waals surface area contributed by atoms with Crippen LogP contribution in [0.5, 0.6) is 0 Å². The van der Waals surface area contributed by atoms with Crippen molar-refractivity contribution in [2.24, 2.45) is 0 Å². The number of hydrogen-bond donors (Lipinski definition) is 7. The Morgan fingerprint density at radius 3 is 2.09 bits per heavy atom. The third-order valence-electron chi connectivity index (χ3n) is 3.76. The minimum Gasteiger partial charge on any atom is -0.374 e. The van der Waals surface area contributed by atoms with E-state index in [1.54, 1.807) is 0 Å². The Bertz CT molecular complexity index is 1180. The first kappa shape index (κ1) is 29.4. The minimum atomic E-state index is -5.84. The average Bonchev–Trinajstić information content (AvgIpc) is 2.92. The molecule has 0 aromatic carbocycles. The summed E-state index contributed by atoms with van der Waals surface area (Å²) in [5.41, 5.74) is -1.83. The van der Waals surface area contributed by atoms with Gasteiger partial charge in [0.1, 0.15) is 18.3 Å². The molecular weight excluding hydrogens is 560 g/mol. The second-order valence-corrected chi connectivity index (χ2v) is 11.8. The first-order valence-corrected chi connectivity index (χ1v) is 14.4. The second-order valence-electron chi connectivity index (χ2n) is 6.23. The SMILES string of the molecule is CO[C@@H]1[C@H](OP(=O)(O)O)[C@@H](COP(=O)(O)OP(=O)(O)OP(=O)(O)O)O[C@H]1n1ccc(=O)[nH]c1=O. The number of rotatable bonds is 11. The van der Waals surface area contributed by atoms with Crippen LogP contribution in [0, 0.1) is 0 Å². The molecule has 0 bridgehead atoms. The van der Waals surface area contributed by atoms with Gasteiger partial charge in [0.25, 0.3) is 5.56 Å². The molecule has 2 rings (SSSR count). The van der Waals surface area contributed by atoms with E-state index in [0.29, 0.717) is 0 Å². The molecule has 1 fully saturated rings. The monoisotopic (exact) mass is 578 g/mol. The molecule has 7 N–H and O–H groups in total. The molecule has 0 aliphatic carbocycles. The summed E-state index contributed by atoms with van der Waals surface area (Å²) in [7, 11) is -21.4. The standard InChI is InChI=1S/C10H18N2O18P4/c1-25-8-7(28-31(15,16)17)5(27-9(8)12-3-2-6(13)11-10(12)14)4-26-33(21,22)30-34(23,24)29-32(18,19)20/h2-3,5,7-9H,4H2,1H3,(H,21,22)(H,23,24)(H,11,13,14)(H2,15,16,17)(H2,18,19,20)/t5-,7-,8-,9-/m1/s1. The lowest BCUT2D eigenvalue weighted by Crippen LogP contribution is -2.39. The first-order valence-electron chi connectivity index (χ1n) is 8.34. The molecule has 6 atom stereocenters. The molecule has 20 nitrogen and oxygen atoms in total. The number of phosphoric acid groups is 4. The van der Waals surface area contributed by atoms with E-state index in [1.165, 1.54) is 0 Å². The lowest BCUT2D eigenvalue weighted by Gasteiger charge is -2.24. The van der Waals surface area contributed by atoms with Crippen molar-refractivity contribution in [2.75, 3.05) is 13.7 Å². The van der Waals surface area contributed by atoms with Crippen molar-refractivity contribution in [1.82, 2.24) is 9.55 Å². The van der Waals surface area contributed by atoms with Crippen molar-refractivity contribution in [2.45, 2.75) is 24.5 Å². The predicted molar refractivity (Wildman–Crippen MR) is 103 cm³/mol. The highest BCUT2D eigenvalue weighted by Crippen LogP contribution is 2.66. The van der Waals surface area contributed by atoms with E-state index < -0.39 is 73.7 Å². The number of H-pyrrole nitrogens is 1. The Morgan fingerprint density at radius 2 is 1.59 bits per heavy atom. The fraction of sp³-hybridized carbons (Fsp3) is 0.600. The Hall–Kier alpha value is -0.880. The summed E-state index contributed by atoms with van der Waals surface area (Å²) in [4.78, 5) is 79.4. The third-order valence-corrected chi connectivity index (χ3v) is 8.08. The zero-order valence-corrected chi connectivity index (χ0v) is 20.1. The van der Waals surface area contributed by atoms with Crippen LogP contribution >= 0.6 is 31.3 Å². The lowest BCUT2D eigenvalue weighted by molar-refractivity contribution is -0.0619. The Kier molecular flexibility index (Phi) is 9.17. The van der Waals surface area contributed by atoms with Gasteiger partial charge < -0.3 is 38.8 Å². The van der Waals surface area contributed by atoms with Crippen LogP contribution in [0.15, 0.2) is 21.9 Å². The van der Waals surface area contributed by atoms with Crippen molar-refractivity contribution in [3.8, 4) is 0 Å². The van der Waals surface area contributed by atoms with Crippen molar-refractivity contribution < 1.29 is 74.8 Å². The first-order chi connectivity index (χ1) is 15.3. The van der Waals surface area contributed by atoms with Gasteiger partial charge in [0.2, 0.25) is 0 Å². The maximum Gasteiger partial charge on any atom is 0.490 e. The maximum absolute atomic E-state index is 12.1. The van der Waals surface area contributed by atoms with Gasteiger partial charge in [-0.05, 0) is 0 Å². The Morgan fingerprint density at radius 1 is 0.971 bits per heavy atom. The van der Waals surface area contributed by atoms with Crippen molar-refractivity contribution >= 4 is 31.3 Å². The zero-order valence-electron chi connectivity index (χ0n) is 16.5. The fourth-order valence-electron chi connectivity index (χ4n) is 2.70. The van der Waals surface area contributed by atoms with E-state index in [1.807, 2.05) is 4.98 Å². The van der Waals surface area contributed by atoms with E-state index in [9.17, 15) is 42.5 Å². The molecule has 24 heteroatoms. The van der Waals surface area contributed by atoms with Gasteiger partial charge in [-0.25, -0.2) is 23.1 Å². The number of nitrogens with one attached hydrogen (secondary N) is 1. The van der Waals surface area contributed by atoms with Crippen molar-refractivity contribution in [1.29, 1.82) is 0 Å². The van der Waals surface area contributed by atoms with E-state index in [0.717, 1.165) is 23.9 Å². The van der Waals surface area contributed by atoms with E-state index in [4.69, 9.17) is 24.2 Å². The molecule has 2 heterocycles. The molecule has 0 amide bonds. The Balaban J connectivity index is 2.28. The van der Waals surface area contributed by atoms with Crippen molar-refractivity contribution in [3.05, 3.63) is 33.1 Å². The summed E-state index contributed by atoms with van der Waals surface area (Å²) in [6.45, 7) is -1.18. The van der Waals surface area contributed by atoms with Gasteiger partial charge in [0.15, 0.2) is 6.23 Å². The quantitative estimate of drug-likeness (QED) is 0.143. The number of phosphoric ester groups is 2. The number of nitrogens with zero attached hydrogens (tertiary/aromatic N) is 1. The highest BCUT2D eigenvalue weighted by Gasteiger charge is 2.51. The molecule has 0 saturated carbocycles. The molecule has 34 heavy (non-hydrogen) atoms. The number of hydrogen-bond acceptors (Lipinski definition) is 12. The summed E-state index contributed by atoms with van der Waals surface area (Å²) < 4.78 is 72.6. The fourth-order valence-corrected chi connectivity index (χ4v) is 6.30. The zero-order chi connectivity index (χ0) is 26.1. The smallest absolute Gasteiger partial charge is 0.374 e. The summed E-state index contributed by atoms with van der Waals surface area (Å²) in [6, 6.07) is 0.899. The van der Waals surface area contributed by atoms with Crippen LogP contribution in [0.25, 0.3) is 0 Å². The van der Waals surface area contributed by atoms with Gasteiger partial charge in [0.05, 0.1) is 6.61 Å². The number of ether oxygens (including phenoxy) is 2. The molecule has 1 aliphatic heterocycles. The lowest BCUT2D eigenvalue weighted by atomic mass is 10.1. The average molecular weight is 578 g/mol.